The van der Waals surface area contributed by atoms with E-state index in [0.29, 0.717) is 10.0 Å². The van der Waals surface area contributed by atoms with Gasteiger partial charge in [0, 0.05) is 21.7 Å². The lowest BCUT2D eigenvalue weighted by Crippen LogP contribution is -2.10. The van der Waals surface area contributed by atoms with E-state index in [1.807, 2.05) is 48.5 Å². The third-order valence-electron chi connectivity index (χ3n) is 4.78. The van der Waals surface area contributed by atoms with Crippen LogP contribution in [0.5, 0.6) is 0 Å². The fourth-order valence-corrected chi connectivity index (χ4v) is 4.52. The summed E-state index contributed by atoms with van der Waals surface area (Å²) in [6.07, 6.45) is 0.778. The van der Waals surface area contributed by atoms with Crippen LogP contribution in [0, 0.1) is 0 Å². The van der Waals surface area contributed by atoms with Crippen LogP contribution in [0.15, 0.2) is 48.5 Å². The van der Waals surface area contributed by atoms with Gasteiger partial charge in [-0.05, 0) is 42.8 Å². The molecule has 0 spiro atoms. The summed E-state index contributed by atoms with van der Waals surface area (Å²) < 4.78 is 2.14. The standard InChI is InChI=1S/C23H22Cl2N4S/c1-5-18-19(21-27-28-22(30-21)23(2,3)4)26-20(16-8-6-7-9-17(16)25)29(18)15-12-10-14(24)11-13-15/h6-13H,5H2,1-4H3. The van der Waals surface area contributed by atoms with Crippen LogP contribution in [0.2, 0.25) is 10.0 Å². The van der Waals surface area contributed by atoms with Gasteiger partial charge in [-0.15, -0.1) is 10.2 Å². The van der Waals surface area contributed by atoms with E-state index < -0.39 is 0 Å². The van der Waals surface area contributed by atoms with E-state index in [9.17, 15) is 0 Å². The smallest absolute Gasteiger partial charge is 0.168 e. The van der Waals surface area contributed by atoms with Gasteiger partial charge in [-0.3, -0.25) is 4.57 Å². The first-order valence-electron chi connectivity index (χ1n) is 9.76. The Morgan fingerprint density at radius 3 is 2.27 bits per heavy atom. The molecule has 4 rings (SSSR count). The molecule has 0 amide bonds. The van der Waals surface area contributed by atoms with Gasteiger partial charge in [-0.1, -0.05) is 74.4 Å². The maximum atomic E-state index is 6.56. The fourth-order valence-electron chi connectivity index (χ4n) is 3.26. The summed E-state index contributed by atoms with van der Waals surface area (Å²) in [7, 11) is 0. The molecule has 0 saturated carbocycles. The third kappa shape index (κ3) is 3.89. The first-order chi connectivity index (χ1) is 14.3. The quantitative estimate of drug-likeness (QED) is 0.325. The summed E-state index contributed by atoms with van der Waals surface area (Å²) in [5.41, 5.74) is 3.69. The van der Waals surface area contributed by atoms with E-state index in [1.54, 1.807) is 11.3 Å². The molecular formula is C23H22Cl2N4S. The molecule has 2 aromatic heterocycles. The lowest BCUT2D eigenvalue weighted by molar-refractivity contribution is 0.578. The number of hydrogen-bond acceptors (Lipinski definition) is 4. The zero-order valence-corrected chi connectivity index (χ0v) is 19.6. The normalized spacial score (nSPS) is 11.8. The second kappa shape index (κ2) is 8.14. The molecule has 0 radical (unpaired) electrons. The molecule has 0 fully saturated rings. The van der Waals surface area contributed by atoms with Gasteiger partial charge in [0.15, 0.2) is 5.01 Å². The van der Waals surface area contributed by atoms with Gasteiger partial charge in [0.2, 0.25) is 0 Å². The Hall–Kier alpha value is -2.21. The molecule has 4 nitrogen and oxygen atoms in total. The van der Waals surface area contributed by atoms with E-state index in [4.69, 9.17) is 28.2 Å². The summed E-state index contributed by atoms with van der Waals surface area (Å²) in [5, 5.41) is 12.1. The first kappa shape index (κ1) is 21.0. The van der Waals surface area contributed by atoms with E-state index in [1.165, 1.54) is 0 Å². The maximum absolute atomic E-state index is 6.56. The van der Waals surface area contributed by atoms with Crippen LogP contribution in [0.1, 0.15) is 38.4 Å². The number of nitrogens with zero attached hydrogens (tertiary/aromatic N) is 4. The lowest BCUT2D eigenvalue weighted by atomic mass is 9.98. The molecular weight excluding hydrogens is 435 g/mol. The molecule has 0 N–H and O–H groups in total. The number of hydrogen-bond donors (Lipinski definition) is 0. The molecule has 2 aromatic carbocycles. The molecule has 154 valence electrons. The number of benzene rings is 2. The van der Waals surface area contributed by atoms with Crippen LogP contribution in [-0.4, -0.2) is 19.7 Å². The van der Waals surface area contributed by atoms with Crippen LogP contribution in [0.4, 0.5) is 0 Å². The molecule has 2 heterocycles. The summed E-state index contributed by atoms with van der Waals surface area (Å²) in [5.74, 6) is 0.780. The molecule has 0 aliphatic rings. The van der Waals surface area contributed by atoms with Crippen LogP contribution < -0.4 is 0 Å². The van der Waals surface area contributed by atoms with Gasteiger partial charge in [0.25, 0.3) is 0 Å². The largest absolute Gasteiger partial charge is 0.296 e. The molecule has 0 saturated heterocycles. The van der Waals surface area contributed by atoms with E-state index in [-0.39, 0.29) is 5.41 Å². The summed E-state index contributed by atoms with van der Waals surface area (Å²) in [6, 6.07) is 15.5. The highest BCUT2D eigenvalue weighted by Crippen LogP contribution is 2.38. The summed E-state index contributed by atoms with van der Waals surface area (Å²) >= 11 is 14.3. The van der Waals surface area contributed by atoms with E-state index in [0.717, 1.165) is 44.9 Å². The zero-order valence-electron chi connectivity index (χ0n) is 17.3. The second-order valence-electron chi connectivity index (χ2n) is 8.04. The summed E-state index contributed by atoms with van der Waals surface area (Å²) in [6.45, 7) is 8.54. The van der Waals surface area contributed by atoms with Gasteiger partial charge < -0.3 is 0 Å². The molecule has 4 aromatic rings. The highest BCUT2D eigenvalue weighted by atomic mass is 35.5. The molecule has 0 aliphatic carbocycles. The van der Waals surface area contributed by atoms with E-state index >= 15 is 0 Å². The SMILES string of the molecule is CCc1c(-c2nnc(C(C)(C)C)s2)nc(-c2ccccc2Cl)n1-c1ccc(Cl)cc1. The number of rotatable bonds is 4. The average Bonchev–Trinajstić information content (AvgIpc) is 3.33. The van der Waals surface area contributed by atoms with E-state index in [2.05, 4.69) is 42.5 Å². The monoisotopic (exact) mass is 456 g/mol. The average molecular weight is 457 g/mol. The number of aromatic nitrogens is 4. The zero-order chi connectivity index (χ0) is 21.5. The highest BCUT2D eigenvalue weighted by Gasteiger charge is 2.26. The number of halogens is 2. The predicted molar refractivity (Wildman–Crippen MR) is 126 cm³/mol. The molecule has 30 heavy (non-hydrogen) atoms. The predicted octanol–water partition coefficient (Wildman–Crippen LogP) is 7.22. The summed E-state index contributed by atoms with van der Waals surface area (Å²) in [4.78, 5) is 5.03. The van der Waals surface area contributed by atoms with Crippen molar-refractivity contribution in [3.05, 3.63) is 69.3 Å². The van der Waals surface area contributed by atoms with Gasteiger partial charge in [-0.2, -0.15) is 0 Å². The first-order valence-corrected chi connectivity index (χ1v) is 11.3. The van der Waals surface area contributed by atoms with Crippen LogP contribution in [-0.2, 0) is 11.8 Å². The van der Waals surface area contributed by atoms with Crippen molar-refractivity contribution in [2.45, 2.75) is 39.5 Å². The van der Waals surface area contributed by atoms with Gasteiger partial charge in [-0.25, -0.2) is 4.98 Å². The van der Waals surface area contributed by atoms with Gasteiger partial charge in [0.05, 0.1) is 10.7 Å². The Kier molecular flexibility index (Phi) is 5.71. The van der Waals surface area contributed by atoms with Gasteiger partial charge in [0.1, 0.15) is 16.5 Å². The molecule has 0 bridgehead atoms. The topological polar surface area (TPSA) is 43.6 Å². The second-order valence-corrected chi connectivity index (χ2v) is 9.86. The van der Waals surface area contributed by atoms with Crippen molar-refractivity contribution in [3.63, 3.8) is 0 Å². The lowest BCUT2D eigenvalue weighted by Gasteiger charge is -2.13. The van der Waals surface area contributed by atoms with Crippen LogP contribution >= 0.6 is 34.5 Å². The van der Waals surface area contributed by atoms with Crippen molar-refractivity contribution >= 4 is 34.5 Å². The minimum absolute atomic E-state index is 0.0629. The van der Waals surface area contributed by atoms with Crippen molar-refractivity contribution < 1.29 is 0 Å². The molecule has 0 unspecified atom stereocenters. The molecule has 7 heteroatoms. The number of imidazole rings is 1. The minimum Gasteiger partial charge on any atom is -0.296 e. The van der Waals surface area contributed by atoms with Crippen LogP contribution in [0.25, 0.3) is 27.8 Å². The highest BCUT2D eigenvalue weighted by molar-refractivity contribution is 7.14. The van der Waals surface area contributed by atoms with Crippen molar-refractivity contribution in [3.8, 4) is 27.8 Å². The Labute approximate surface area is 190 Å². The van der Waals surface area contributed by atoms with Crippen LogP contribution in [0.3, 0.4) is 0 Å². The van der Waals surface area contributed by atoms with Gasteiger partial charge >= 0.3 is 0 Å². The maximum Gasteiger partial charge on any atom is 0.168 e. The van der Waals surface area contributed by atoms with Crippen molar-refractivity contribution in [1.82, 2.24) is 19.7 Å². The molecule has 0 aliphatic heterocycles. The third-order valence-corrected chi connectivity index (χ3v) is 6.71. The Morgan fingerprint density at radius 1 is 0.967 bits per heavy atom. The Balaban J connectivity index is 1.99. The fraction of sp³-hybridized carbons (Fsp3) is 0.261. The molecule has 0 atom stereocenters. The van der Waals surface area contributed by atoms with Crippen molar-refractivity contribution in [2.24, 2.45) is 0 Å². The Morgan fingerprint density at radius 2 is 1.67 bits per heavy atom. The Bertz CT molecular complexity index is 1190. The van der Waals surface area contributed by atoms with Crippen molar-refractivity contribution in [2.75, 3.05) is 0 Å². The minimum atomic E-state index is -0.0629. The van der Waals surface area contributed by atoms with Crippen molar-refractivity contribution in [1.29, 1.82) is 0 Å².